The van der Waals surface area contributed by atoms with Gasteiger partial charge in [0.15, 0.2) is 5.13 Å². The standard InChI is InChI=1S/C18H15Cl2N3O3S2/c19-12-3-1-11(2-4-12)10-23-16(24)14(28-18(23)25)9-13-15(20)21-17(27-13)22-5-7-26-8-6-22/h1-4,9H,5-8,10H2/b14-9-. The molecule has 10 heteroatoms. The Kier molecular flexibility index (Phi) is 5.93. The van der Waals surface area contributed by atoms with Gasteiger partial charge in [-0.25, -0.2) is 4.98 Å². The minimum Gasteiger partial charge on any atom is -0.378 e. The summed E-state index contributed by atoms with van der Waals surface area (Å²) >= 11 is 14.5. The largest absolute Gasteiger partial charge is 0.378 e. The van der Waals surface area contributed by atoms with Gasteiger partial charge < -0.3 is 9.64 Å². The van der Waals surface area contributed by atoms with E-state index in [1.807, 2.05) is 0 Å². The highest BCUT2D eigenvalue weighted by Gasteiger charge is 2.35. The Labute approximate surface area is 180 Å². The molecule has 0 N–H and O–H groups in total. The van der Waals surface area contributed by atoms with Crippen molar-refractivity contribution in [2.75, 3.05) is 31.2 Å². The summed E-state index contributed by atoms with van der Waals surface area (Å²) in [6.07, 6.45) is 1.65. The molecule has 0 radical (unpaired) electrons. The summed E-state index contributed by atoms with van der Waals surface area (Å²) in [7, 11) is 0. The first-order valence-electron chi connectivity index (χ1n) is 8.50. The van der Waals surface area contributed by atoms with E-state index in [2.05, 4.69) is 9.88 Å². The smallest absolute Gasteiger partial charge is 0.293 e. The van der Waals surface area contributed by atoms with Gasteiger partial charge in [-0.1, -0.05) is 46.7 Å². The monoisotopic (exact) mass is 455 g/mol. The van der Waals surface area contributed by atoms with Gasteiger partial charge in [-0.2, -0.15) is 0 Å². The third-order valence-electron chi connectivity index (χ3n) is 4.27. The van der Waals surface area contributed by atoms with Crippen LogP contribution in [-0.2, 0) is 16.1 Å². The SMILES string of the molecule is O=C1S/C(=C\c2sc(N3CCOCC3)nc2Cl)C(=O)N1Cc1ccc(Cl)cc1. The lowest BCUT2D eigenvalue weighted by molar-refractivity contribution is -0.123. The molecule has 0 atom stereocenters. The zero-order chi connectivity index (χ0) is 19.7. The number of hydrogen-bond donors (Lipinski definition) is 0. The summed E-state index contributed by atoms with van der Waals surface area (Å²) in [4.78, 5) is 33.8. The molecule has 146 valence electrons. The highest BCUT2D eigenvalue weighted by Crippen LogP contribution is 2.37. The molecular weight excluding hydrogens is 441 g/mol. The number of carbonyl (C=O) groups is 2. The van der Waals surface area contributed by atoms with Crippen LogP contribution in [0.1, 0.15) is 10.4 Å². The average Bonchev–Trinajstić information content (AvgIpc) is 3.19. The molecule has 2 saturated heterocycles. The van der Waals surface area contributed by atoms with Gasteiger partial charge in [0.1, 0.15) is 5.15 Å². The van der Waals surface area contributed by atoms with E-state index in [1.54, 1.807) is 30.3 Å². The fourth-order valence-corrected chi connectivity index (χ4v) is 5.08. The summed E-state index contributed by atoms with van der Waals surface area (Å²) < 4.78 is 5.35. The molecular formula is C18H15Cl2N3O3S2. The quantitative estimate of drug-likeness (QED) is 0.631. The maximum Gasteiger partial charge on any atom is 0.293 e. The molecule has 0 bridgehead atoms. The van der Waals surface area contributed by atoms with E-state index in [1.165, 1.54) is 16.2 Å². The summed E-state index contributed by atoms with van der Waals surface area (Å²) in [5.41, 5.74) is 0.832. The number of morpholine rings is 1. The number of benzene rings is 1. The van der Waals surface area contributed by atoms with Gasteiger partial charge in [-0.15, -0.1) is 0 Å². The number of aromatic nitrogens is 1. The molecule has 0 saturated carbocycles. The molecule has 0 aliphatic carbocycles. The van der Waals surface area contributed by atoms with Crippen molar-refractivity contribution in [3.8, 4) is 0 Å². The number of imide groups is 1. The van der Waals surface area contributed by atoms with E-state index in [-0.39, 0.29) is 17.7 Å². The van der Waals surface area contributed by atoms with E-state index in [0.717, 1.165) is 35.5 Å². The van der Waals surface area contributed by atoms with E-state index in [9.17, 15) is 9.59 Å². The van der Waals surface area contributed by atoms with Crippen LogP contribution in [0.5, 0.6) is 0 Å². The van der Waals surface area contributed by atoms with Crippen molar-refractivity contribution in [2.45, 2.75) is 6.54 Å². The molecule has 2 aliphatic heterocycles. The van der Waals surface area contributed by atoms with Crippen molar-refractivity contribution in [2.24, 2.45) is 0 Å². The van der Waals surface area contributed by atoms with Gasteiger partial charge in [0.25, 0.3) is 11.1 Å². The summed E-state index contributed by atoms with van der Waals surface area (Å²) in [6.45, 7) is 3.00. The van der Waals surface area contributed by atoms with Crippen LogP contribution < -0.4 is 4.90 Å². The van der Waals surface area contributed by atoms with Crippen molar-refractivity contribution in [1.29, 1.82) is 0 Å². The van der Waals surface area contributed by atoms with Crippen LogP contribution in [0.2, 0.25) is 10.2 Å². The molecule has 2 fully saturated rings. The van der Waals surface area contributed by atoms with E-state index in [4.69, 9.17) is 27.9 Å². The number of thioether (sulfide) groups is 1. The number of carbonyl (C=O) groups excluding carboxylic acids is 2. The third-order valence-corrected chi connectivity index (χ3v) is 6.89. The number of thiazole rings is 1. The van der Waals surface area contributed by atoms with Gasteiger partial charge >= 0.3 is 0 Å². The molecule has 0 unspecified atom stereocenters. The molecule has 1 aromatic heterocycles. The lowest BCUT2D eigenvalue weighted by atomic mass is 10.2. The topological polar surface area (TPSA) is 62.7 Å². The highest BCUT2D eigenvalue weighted by atomic mass is 35.5. The molecule has 2 aliphatic rings. The number of ether oxygens (including phenoxy) is 1. The van der Waals surface area contributed by atoms with Crippen LogP contribution in [-0.4, -0.2) is 47.3 Å². The van der Waals surface area contributed by atoms with E-state index < -0.39 is 0 Å². The Morgan fingerprint density at radius 2 is 1.86 bits per heavy atom. The molecule has 3 heterocycles. The van der Waals surface area contributed by atoms with Gasteiger partial charge in [-0.3, -0.25) is 14.5 Å². The number of nitrogens with zero attached hydrogens (tertiary/aromatic N) is 3. The second-order valence-corrected chi connectivity index (χ2v) is 8.94. The maximum atomic E-state index is 12.7. The third kappa shape index (κ3) is 4.21. The first-order chi connectivity index (χ1) is 13.5. The zero-order valence-electron chi connectivity index (χ0n) is 14.6. The molecule has 28 heavy (non-hydrogen) atoms. The van der Waals surface area contributed by atoms with Crippen molar-refractivity contribution < 1.29 is 14.3 Å². The number of amides is 2. The van der Waals surface area contributed by atoms with E-state index in [0.29, 0.717) is 33.2 Å². The first-order valence-corrected chi connectivity index (χ1v) is 10.9. The Balaban J connectivity index is 1.52. The molecule has 2 aromatic rings. The van der Waals surface area contributed by atoms with Gasteiger partial charge in [0.05, 0.1) is 29.5 Å². The number of halogens is 2. The second-order valence-electron chi connectivity index (χ2n) is 6.15. The van der Waals surface area contributed by atoms with Gasteiger partial charge in [0, 0.05) is 18.1 Å². The highest BCUT2D eigenvalue weighted by molar-refractivity contribution is 8.18. The van der Waals surface area contributed by atoms with Crippen LogP contribution in [0, 0.1) is 0 Å². The van der Waals surface area contributed by atoms with Crippen molar-refractivity contribution in [3.05, 3.63) is 49.8 Å². The molecule has 1 aromatic carbocycles. The summed E-state index contributed by atoms with van der Waals surface area (Å²) in [5, 5.41) is 1.42. The van der Waals surface area contributed by atoms with Crippen LogP contribution in [0.25, 0.3) is 6.08 Å². The van der Waals surface area contributed by atoms with Gasteiger partial charge in [-0.05, 0) is 35.5 Å². The lowest BCUT2D eigenvalue weighted by Gasteiger charge is -2.25. The number of hydrogen-bond acceptors (Lipinski definition) is 7. The fourth-order valence-electron chi connectivity index (χ4n) is 2.81. The van der Waals surface area contributed by atoms with Crippen molar-refractivity contribution in [1.82, 2.24) is 9.88 Å². The number of rotatable bonds is 4. The lowest BCUT2D eigenvalue weighted by Crippen LogP contribution is -2.36. The van der Waals surface area contributed by atoms with Crippen LogP contribution in [0.15, 0.2) is 29.2 Å². The van der Waals surface area contributed by atoms with Crippen molar-refractivity contribution >= 4 is 68.7 Å². The van der Waals surface area contributed by atoms with Gasteiger partial charge in [0.2, 0.25) is 0 Å². The van der Waals surface area contributed by atoms with Crippen LogP contribution >= 0.6 is 46.3 Å². The summed E-state index contributed by atoms with van der Waals surface area (Å²) in [6, 6.07) is 7.06. The van der Waals surface area contributed by atoms with Crippen LogP contribution in [0.4, 0.5) is 9.93 Å². The number of anilines is 1. The Morgan fingerprint density at radius 3 is 2.57 bits per heavy atom. The molecule has 4 rings (SSSR count). The second kappa shape index (κ2) is 8.42. The Bertz CT molecular complexity index is 940. The normalized spacial score (nSPS) is 19.1. The molecule has 2 amide bonds. The zero-order valence-corrected chi connectivity index (χ0v) is 17.7. The minimum atomic E-state index is -0.331. The average molecular weight is 456 g/mol. The fraction of sp³-hybridized carbons (Fsp3) is 0.278. The molecule has 6 nitrogen and oxygen atoms in total. The van der Waals surface area contributed by atoms with Crippen molar-refractivity contribution in [3.63, 3.8) is 0 Å². The minimum absolute atomic E-state index is 0.203. The van der Waals surface area contributed by atoms with E-state index >= 15 is 0 Å². The maximum absolute atomic E-state index is 12.7. The molecule has 0 spiro atoms. The predicted molar refractivity (Wildman–Crippen MR) is 113 cm³/mol. The first kappa shape index (κ1) is 19.7. The Hall–Kier alpha value is -1.58. The van der Waals surface area contributed by atoms with Crippen LogP contribution in [0.3, 0.4) is 0 Å². The Morgan fingerprint density at radius 1 is 1.14 bits per heavy atom. The predicted octanol–water partition coefficient (Wildman–Crippen LogP) is 4.52. The summed E-state index contributed by atoms with van der Waals surface area (Å²) in [5.74, 6) is -0.331.